The number of benzene rings is 1. The van der Waals surface area contributed by atoms with Crippen LogP contribution < -0.4 is 5.32 Å². The number of aryl methyl sites for hydroxylation is 2. The maximum absolute atomic E-state index is 11.6. The topological polar surface area (TPSA) is 59.3 Å². The Kier molecular flexibility index (Phi) is 4.85. The monoisotopic (exact) mass is 307 g/mol. The van der Waals surface area contributed by atoms with Gasteiger partial charge in [-0.2, -0.15) is 0 Å². The van der Waals surface area contributed by atoms with Gasteiger partial charge in [0.25, 0.3) is 0 Å². The van der Waals surface area contributed by atoms with Crippen LogP contribution in [0.4, 0.5) is 0 Å². The minimum atomic E-state index is -3.07. The van der Waals surface area contributed by atoms with Gasteiger partial charge in [0, 0.05) is 24.4 Å². The van der Waals surface area contributed by atoms with E-state index in [1.807, 2.05) is 50.2 Å². The molecule has 1 atom stereocenters. The zero-order valence-electron chi connectivity index (χ0n) is 12.6. The fourth-order valence-corrected chi connectivity index (χ4v) is 3.27. The SMILES string of the molecule is Cc1cc(CNC(CS(C)(=O)=O)c2ccccc2)c(C)o1. The highest BCUT2D eigenvalue weighted by molar-refractivity contribution is 7.90. The number of hydrogen-bond donors (Lipinski definition) is 1. The molecule has 0 aliphatic heterocycles. The average molecular weight is 307 g/mol. The quantitative estimate of drug-likeness (QED) is 0.891. The van der Waals surface area contributed by atoms with Gasteiger partial charge in [-0.1, -0.05) is 30.3 Å². The Balaban J connectivity index is 2.15. The Bertz CT molecular complexity index is 690. The van der Waals surface area contributed by atoms with Crippen molar-refractivity contribution in [2.24, 2.45) is 0 Å². The molecule has 1 heterocycles. The van der Waals surface area contributed by atoms with Crippen LogP contribution in [0.2, 0.25) is 0 Å². The molecule has 0 saturated heterocycles. The second-order valence-corrected chi connectivity index (χ2v) is 7.56. The van der Waals surface area contributed by atoms with Gasteiger partial charge in [-0.15, -0.1) is 0 Å². The summed E-state index contributed by atoms with van der Waals surface area (Å²) in [6.07, 6.45) is 1.26. The second-order valence-electron chi connectivity index (χ2n) is 5.38. The Morgan fingerprint density at radius 3 is 2.38 bits per heavy atom. The van der Waals surface area contributed by atoms with E-state index in [-0.39, 0.29) is 11.8 Å². The van der Waals surface area contributed by atoms with E-state index in [0.29, 0.717) is 6.54 Å². The van der Waals surface area contributed by atoms with Crippen LogP contribution >= 0.6 is 0 Å². The van der Waals surface area contributed by atoms with E-state index in [1.54, 1.807) is 0 Å². The molecule has 0 aliphatic carbocycles. The van der Waals surface area contributed by atoms with Crippen LogP contribution in [0.3, 0.4) is 0 Å². The first-order chi connectivity index (χ1) is 9.85. The van der Waals surface area contributed by atoms with E-state index < -0.39 is 9.84 Å². The maximum Gasteiger partial charge on any atom is 0.149 e. The van der Waals surface area contributed by atoms with Crippen molar-refractivity contribution in [3.63, 3.8) is 0 Å². The highest BCUT2D eigenvalue weighted by atomic mass is 32.2. The number of hydrogen-bond acceptors (Lipinski definition) is 4. The first-order valence-electron chi connectivity index (χ1n) is 6.87. The van der Waals surface area contributed by atoms with Crippen LogP contribution in [-0.4, -0.2) is 20.4 Å². The lowest BCUT2D eigenvalue weighted by atomic mass is 10.1. The summed E-state index contributed by atoms with van der Waals surface area (Å²) < 4.78 is 28.8. The number of sulfone groups is 1. The fraction of sp³-hybridized carbons (Fsp3) is 0.375. The largest absolute Gasteiger partial charge is 0.466 e. The molecule has 0 amide bonds. The van der Waals surface area contributed by atoms with Crippen molar-refractivity contribution in [3.05, 3.63) is 59.0 Å². The molecule has 4 nitrogen and oxygen atoms in total. The summed E-state index contributed by atoms with van der Waals surface area (Å²) in [6, 6.07) is 11.4. The molecular weight excluding hydrogens is 286 g/mol. The van der Waals surface area contributed by atoms with Crippen molar-refractivity contribution >= 4 is 9.84 Å². The van der Waals surface area contributed by atoms with Crippen LogP contribution in [0, 0.1) is 13.8 Å². The predicted octanol–water partition coefficient (Wildman–Crippen LogP) is 2.77. The van der Waals surface area contributed by atoms with E-state index in [2.05, 4.69) is 5.32 Å². The normalized spacial score (nSPS) is 13.3. The summed E-state index contributed by atoms with van der Waals surface area (Å²) in [5.41, 5.74) is 2.03. The summed E-state index contributed by atoms with van der Waals surface area (Å²) >= 11 is 0. The zero-order chi connectivity index (χ0) is 15.5. The molecule has 1 aromatic heterocycles. The first-order valence-corrected chi connectivity index (χ1v) is 8.93. The lowest BCUT2D eigenvalue weighted by Crippen LogP contribution is -2.27. The van der Waals surface area contributed by atoms with E-state index in [0.717, 1.165) is 22.6 Å². The van der Waals surface area contributed by atoms with Gasteiger partial charge >= 0.3 is 0 Å². The first kappa shape index (κ1) is 15.8. The molecule has 0 aliphatic rings. The molecule has 0 bridgehead atoms. The molecule has 0 spiro atoms. The average Bonchev–Trinajstić information content (AvgIpc) is 2.73. The number of nitrogens with one attached hydrogen (secondary N) is 1. The molecule has 0 radical (unpaired) electrons. The summed E-state index contributed by atoms with van der Waals surface area (Å²) in [5, 5.41) is 3.32. The Hall–Kier alpha value is -1.59. The van der Waals surface area contributed by atoms with Gasteiger partial charge in [-0.25, -0.2) is 8.42 Å². The van der Waals surface area contributed by atoms with Gasteiger partial charge in [-0.3, -0.25) is 0 Å². The fourth-order valence-electron chi connectivity index (χ4n) is 2.35. The van der Waals surface area contributed by atoms with Crippen LogP contribution in [0.15, 0.2) is 40.8 Å². The summed E-state index contributed by atoms with van der Waals surface area (Å²) in [5.74, 6) is 1.81. The highest BCUT2D eigenvalue weighted by Crippen LogP contribution is 2.18. The number of rotatable bonds is 6. The van der Waals surface area contributed by atoms with Gasteiger partial charge in [0.05, 0.1) is 5.75 Å². The third-order valence-electron chi connectivity index (χ3n) is 3.35. The third-order valence-corrected chi connectivity index (χ3v) is 4.29. The van der Waals surface area contributed by atoms with Crippen molar-refractivity contribution in [1.29, 1.82) is 0 Å². The molecule has 1 aromatic carbocycles. The summed E-state index contributed by atoms with van der Waals surface area (Å²) in [6.45, 7) is 4.40. The van der Waals surface area contributed by atoms with Crippen molar-refractivity contribution in [3.8, 4) is 0 Å². The van der Waals surface area contributed by atoms with E-state index in [9.17, 15) is 8.42 Å². The molecule has 0 saturated carbocycles. The standard InChI is InChI=1S/C16H21NO3S/c1-12-9-15(13(2)20-12)10-17-16(11-21(3,18)19)14-7-5-4-6-8-14/h4-9,16-17H,10-11H2,1-3H3. The Labute approximate surface area is 126 Å². The highest BCUT2D eigenvalue weighted by Gasteiger charge is 2.17. The van der Waals surface area contributed by atoms with Crippen molar-refractivity contribution in [2.75, 3.05) is 12.0 Å². The second kappa shape index (κ2) is 6.45. The molecule has 0 fully saturated rings. The predicted molar refractivity (Wildman–Crippen MR) is 83.9 cm³/mol. The van der Waals surface area contributed by atoms with Crippen LogP contribution in [0.1, 0.15) is 28.7 Å². The summed E-state index contributed by atoms with van der Waals surface area (Å²) in [4.78, 5) is 0. The molecule has 5 heteroatoms. The minimum absolute atomic E-state index is 0.0763. The molecule has 2 aromatic rings. The lowest BCUT2D eigenvalue weighted by molar-refractivity contribution is 0.495. The van der Waals surface area contributed by atoms with E-state index >= 15 is 0 Å². The number of furan rings is 1. The van der Waals surface area contributed by atoms with Gasteiger partial charge in [0.1, 0.15) is 21.4 Å². The van der Waals surface area contributed by atoms with E-state index in [4.69, 9.17) is 4.42 Å². The maximum atomic E-state index is 11.6. The third kappa shape index (κ3) is 4.72. The van der Waals surface area contributed by atoms with Crippen LogP contribution in [-0.2, 0) is 16.4 Å². The zero-order valence-corrected chi connectivity index (χ0v) is 13.4. The van der Waals surface area contributed by atoms with Gasteiger partial charge < -0.3 is 9.73 Å². The van der Waals surface area contributed by atoms with Crippen molar-refractivity contribution in [2.45, 2.75) is 26.4 Å². The Morgan fingerprint density at radius 1 is 1.19 bits per heavy atom. The molecular formula is C16H21NO3S. The van der Waals surface area contributed by atoms with Gasteiger partial charge in [-0.05, 0) is 25.5 Å². The van der Waals surface area contributed by atoms with Gasteiger partial charge in [0.15, 0.2) is 0 Å². The molecule has 21 heavy (non-hydrogen) atoms. The van der Waals surface area contributed by atoms with Crippen LogP contribution in [0.5, 0.6) is 0 Å². The van der Waals surface area contributed by atoms with E-state index in [1.165, 1.54) is 6.26 Å². The van der Waals surface area contributed by atoms with Crippen molar-refractivity contribution in [1.82, 2.24) is 5.32 Å². The Morgan fingerprint density at radius 2 is 1.86 bits per heavy atom. The molecule has 2 rings (SSSR count). The minimum Gasteiger partial charge on any atom is -0.466 e. The summed E-state index contributed by atoms with van der Waals surface area (Å²) in [7, 11) is -3.07. The smallest absolute Gasteiger partial charge is 0.149 e. The van der Waals surface area contributed by atoms with Gasteiger partial charge in [0.2, 0.25) is 0 Å². The van der Waals surface area contributed by atoms with Crippen LogP contribution in [0.25, 0.3) is 0 Å². The molecule has 1 N–H and O–H groups in total. The molecule has 1 unspecified atom stereocenters. The van der Waals surface area contributed by atoms with Crippen molar-refractivity contribution < 1.29 is 12.8 Å². The molecule has 114 valence electrons. The lowest BCUT2D eigenvalue weighted by Gasteiger charge is -2.18.